The van der Waals surface area contributed by atoms with E-state index >= 15 is 0 Å². The van der Waals surface area contributed by atoms with Gasteiger partial charge in [-0.05, 0) is 42.3 Å². The second-order valence-corrected chi connectivity index (χ2v) is 5.86. The lowest BCUT2D eigenvalue weighted by molar-refractivity contribution is 0.457. The van der Waals surface area contributed by atoms with Crippen LogP contribution < -0.4 is 0 Å². The Kier molecular flexibility index (Phi) is 4.36. The summed E-state index contributed by atoms with van der Waals surface area (Å²) in [7, 11) is 0. The zero-order chi connectivity index (χ0) is 15.5. The van der Waals surface area contributed by atoms with Crippen LogP contribution in [0.1, 0.15) is 11.1 Å². The number of aromatic hydroxyl groups is 1. The van der Waals surface area contributed by atoms with E-state index in [9.17, 15) is 5.11 Å². The summed E-state index contributed by atoms with van der Waals surface area (Å²) >= 11 is 11.9. The van der Waals surface area contributed by atoms with Crippen LogP contribution >= 0.6 is 23.2 Å². The summed E-state index contributed by atoms with van der Waals surface area (Å²) in [4.78, 5) is 7.30. The third kappa shape index (κ3) is 3.26. The molecule has 112 valence electrons. The zero-order valence-corrected chi connectivity index (χ0v) is 13.2. The van der Waals surface area contributed by atoms with Gasteiger partial charge in [-0.2, -0.15) is 0 Å². The molecule has 0 radical (unpaired) electrons. The highest BCUT2D eigenvalue weighted by molar-refractivity contribution is 6.31. The first-order valence-electron chi connectivity index (χ1n) is 6.88. The highest BCUT2D eigenvalue weighted by atomic mass is 35.5. The quantitative estimate of drug-likeness (QED) is 0.659. The summed E-state index contributed by atoms with van der Waals surface area (Å²) in [6, 6.07) is 13.1. The van der Waals surface area contributed by atoms with E-state index in [1.165, 1.54) is 5.56 Å². The number of nitrogens with one attached hydrogen (secondary N) is 1. The maximum atomic E-state index is 9.97. The average Bonchev–Trinajstić information content (AvgIpc) is 2.81. The van der Waals surface area contributed by atoms with Crippen LogP contribution in [-0.4, -0.2) is 22.8 Å². The van der Waals surface area contributed by atoms with Crippen LogP contribution in [0.25, 0.3) is 10.9 Å². The molecule has 0 aliphatic rings. The first kappa shape index (κ1) is 14.9. The Morgan fingerprint density at radius 3 is 2.55 bits per heavy atom. The Morgan fingerprint density at radius 1 is 1.05 bits per heavy atom. The molecule has 0 fully saturated rings. The van der Waals surface area contributed by atoms with Gasteiger partial charge in [0.05, 0.1) is 5.56 Å². The second kappa shape index (κ2) is 6.42. The van der Waals surface area contributed by atoms with Gasteiger partial charge in [0.25, 0.3) is 0 Å². The molecule has 3 aromatic rings. The molecule has 3 nitrogen and oxygen atoms in total. The Labute approximate surface area is 138 Å². The van der Waals surface area contributed by atoms with E-state index in [2.05, 4.69) is 9.98 Å². The summed E-state index contributed by atoms with van der Waals surface area (Å²) < 4.78 is 0. The molecule has 0 saturated heterocycles. The lowest BCUT2D eigenvalue weighted by Crippen LogP contribution is -1.90. The number of aliphatic imine (C=N–C) groups is 1. The molecule has 2 aromatic carbocycles. The van der Waals surface area contributed by atoms with Gasteiger partial charge in [0.1, 0.15) is 0 Å². The molecule has 0 unspecified atom stereocenters. The van der Waals surface area contributed by atoms with Gasteiger partial charge in [-0.1, -0.05) is 35.3 Å². The monoisotopic (exact) mass is 332 g/mol. The molecule has 1 aromatic heterocycles. The number of nitrogens with zero attached hydrogens (tertiary/aromatic N) is 1. The van der Waals surface area contributed by atoms with E-state index in [0.29, 0.717) is 17.1 Å². The van der Waals surface area contributed by atoms with Crippen molar-refractivity contribution in [2.75, 3.05) is 6.54 Å². The topological polar surface area (TPSA) is 48.4 Å². The lowest BCUT2D eigenvalue weighted by Gasteiger charge is -1.98. The van der Waals surface area contributed by atoms with Gasteiger partial charge >= 0.3 is 0 Å². The van der Waals surface area contributed by atoms with Gasteiger partial charge in [-0.25, -0.2) is 0 Å². The predicted octanol–water partition coefficient (Wildman–Crippen LogP) is 4.84. The van der Waals surface area contributed by atoms with Crippen LogP contribution in [0.3, 0.4) is 0 Å². The van der Waals surface area contributed by atoms with E-state index < -0.39 is 0 Å². The number of hydrogen-bond acceptors (Lipinski definition) is 2. The number of H-pyrrole nitrogens is 1. The van der Waals surface area contributed by atoms with Crippen molar-refractivity contribution in [2.45, 2.75) is 6.42 Å². The van der Waals surface area contributed by atoms with Gasteiger partial charge in [0, 0.05) is 33.7 Å². The SMILES string of the molecule is Oc1[nH]c2ccc(Cl)cc2c1C=NCCc1ccc(Cl)cc1. The van der Waals surface area contributed by atoms with Crippen LogP contribution in [-0.2, 0) is 6.42 Å². The molecule has 0 atom stereocenters. The summed E-state index contributed by atoms with van der Waals surface area (Å²) in [6.45, 7) is 0.633. The molecule has 2 N–H and O–H groups in total. The van der Waals surface area contributed by atoms with Crippen molar-refractivity contribution in [3.63, 3.8) is 0 Å². The summed E-state index contributed by atoms with van der Waals surface area (Å²) in [6.07, 6.45) is 2.50. The highest BCUT2D eigenvalue weighted by Gasteiger charge is 2.08. The fraction of sp³-hybridized carbons (Fsp3) is 0.118. The summed E-state index contributed by atoms with van der Waals surface area (Å²) in [5.41, 5.74) is 2.67. The van der Waals surface area contributed by atoms with E-state index in [0.717, 1.165) is 22.3 Å². The Hall–Kier alpha value is -1.97. The molecule has 5 heteroatoms. The lowest BCUT2D eigenvalue weighted by atomic mass is 10.1. The third-order valence-electron chi connectivity index (χ3n) is 3.44. The van der Waals surface area contributed by atoms with Gasteiger partial charge in [0.2, 0.25) is 0 Å². The number of aromatic amines is 1. The molecule has 3 rings (SSSR count). The fourth-order valence-electron chi connectivity index (χ4n) is 2.30. The first-order chi connectivity index (χ1) is 10.6. The minimum atomic E-state index is 0.104. The minimum absolute atomic E-state index is 0.104. The maximum absolute atomic E-state index is 9.97. The second-order valence-electron chi connectivity index (χ2n) is 4.99. The average molecular weight is 333 g/mol. The largest absolute Gasteiger partial charge is 0.494 e. The molecule has 0 bridgehead atoms. The van der Waals surface area contributed by atoms with E-state index in [-0.39, 0.29) is 5.88 Å². The van der Waals surface area contributed by atoms with Gasteiger partial charge in [-0.15, -0.1) is 0 Å². The predicted molar refractivity (Wildman–Crippen MR) is 92.6 cm³/mol. The minimum Gasteiger partial charge on any atom is -0.494 e. The maximum Gasteiger partial charge on any atom is 0.198 e. The molecule has 22 heavy (non-hydrogen) atoms. The molecular weight excluding hydrogens is 319 g/mol. The van der Waals surface area contributed by atoms with Crippen LogP contribution in [0.5, 0.6) is 5.88 Å². The van der Waals surface area contributed by atoms with Crippen molar-refractivity contribution in [2.24, 2.45) is 4.99 Å². The molecule has 0 aliphatic carbocycles. The third-order valence-corrected chi connectivity index (χ3v) is 3.93. The fourth-order valence-corrected chi connectivity index (χ4v) is 2.60. The smallest absolute Gasteiger partial charge is 0.198 e. The van der Waals surface area contributed by atoms with Crippen LogP contribution in [0.2, 0.25) is 10.0 Å². The molecule has 0 saturated carbocycles. The number of fused-ring (bicyclic) bond motifs is 1. The van der Waals surface area contributed by atoms with Gasteiger partial charge < -0.3 is 10.1 Å². The highest BCUT2D eigenvalue weighted by Crippen LogP contribution is 2.28. The number of hydrogen-bond donors (Lipinski definition) is 2. The van der Waals surface area contributed by atoms with E-state index in [4.69, 9.17) is 23.2 Å². The van der Waals surface area contributed by atoms with Crippen molar-refractivity contribution in [1.29, 1.82) is 0 Å². The number of aromatic nitrogens is 1. The van der Waals surface area contributed by atoms with Crippen LogP contribution in [0.4, 0.5) is 0 Å². The first-order valence-corrected chi connectivity index (χ1v) is 7.63. The molecular formula is C17H14Cl2N2O. The van der Waals surface area contributed by atoms with E-state index in [1.807, 2.05) is 36.4 Å². The van der Waals surface area contributed by atoms with Crippen molar-refractivity contribution >= 4 is 40.3 Å². The van der Waals surface area contributed by atoms with Gasteiger partial charge in [0.15, 0.2) is 5.88 Å². The van der Waals surface area contributed by atoms with Crippen LogP contribution in [0.15, 0.2) is 47.5 Å². The standard InChI is InChI=1S/C17H14Cl2N2O/c18-12-3-1-11(2-4-12)7-8-20-10-15-14-9-13(19)5-6-16(14)21-17(15)22/h1-6,9-10,21-22H,7-8H2. The summed E-state index contributed by atoms with van der Waals surface area (Å²) in [5.74, 6) is 0.104. The number of rotatable bonds is 4. The summed E-state index contributed by atoms with van der Waals surface area (Å²) in [5, 5.41) is 12.2. The Balaban J connectivity index is 1.74. The number of benzene rings is 2. The Morgan fingerprint density at radius 2 is 1.77 bits per heavy atom. The van der Waals surface area contributed by atoms with Gasteiger partial charge in [-0.3, -0.25) is 4.99 Å². The molecule has 0 spiro atoms. The molecule has 0 amide bonds. The molecule has 1 heterocycles. The van der Waals surface area contributed by atoms with Crippen LogP contribution in [0, 0.1) is 0 Å². The zero-order valence-electron chi connectivity index (χ0n) is 11.7. The Bertz CT molecular complexity index is 823. The molecule has 0 aliphatic heterocycles. The van der Waals surface area contributed by atoms with Crippen molar-refractivity contribution in [1.82, 2.24) is 4.98 Å². The number of halogens is 2. The van der Waals surface area contributed by atoms with E-state index in [1.54, 1.807) is 12.3 Å². The van der Waals surface area contributed by atoms with Crippen molar-refractivity contribution in [3.8, 4) is 5.88 Å². The van der Waals surface area contributed by atoms with Crippen molar-refractivity contribution < 1.29 is 5.11 Å². The van der Waals surface area contributed by atoms with Crippen molar-refractivity contribution in [3.05, 3.63) is 63.6 Å². The normalized spacial score (nSPS) is 11.5.